The molecule has 3 heterocycles. The number of hydrogen-bond donors (Lipinski definition) is 1. The van der Waals surface area contributed by atoms with Crippen LogP contribution in [0, 0.1) is 11.6 Å². The lowest BCUT2D eigenvalue weighted by molar-refractivity contribution is 0.147. The van der Waals surface area contributed by atoms with Gasteiger partial charge in [-0.1, -0.05) is 0 Å². The standard InChI is InChI=1S/C28H28F2N6O4/c1-35-10-12-36(13-11-35)16-18-5-4-17(15-33-18)34-28(37)40-20-7-6-19(26-27(20)32-9-8-31-26)23-24(29)21(38-2)14-22(39-3)25(23)30/h4-9,14-15H,10-13,16H2,1-3H3,(H,34,37). The third-order valence-electron chi connectivity index (χ3n) is 6.69. The zero-order valence-corrected chi connectivity index (χ0v) is 22.3. The predicted octanol–water partition coefficient (Wildman–Crippen LogP) is 4.35. The first kappa shape index (κ1) is 27.2. The molecule has 0 spiro atoms. The molecule has 5 rings (SSSR count). The van der Waals surface area contributed by atoms with Crippen LogP contribution in [0.5, 0.6) is 17.2 Å². The number of fused-ring (bicyclic) bond motifs is 1. The van der Waals surface area contributed by atoms with Crippen LogP contribution in [-0.4, -0.2) is 78.3 Å². The van der Waals surface area contributed by atoms with E-state index >= 15 is 8.78 Å². The Labute approximate surface area is 229 Å². The number of rotatable bonds is 7. The maximum atomic E-state index is 15.2. The molecule has 0 atom stereocenters. The first-order valence-electron chi connectivity index (χ1n) is 12.6. The third-order valence-corrected chi connectivity index (χ3v) is 6.69. The molecular weight excluding hydrogens is 522 g/mol. The highest BCUT2D eigenvalue weighted by Gasteiger charge is 2.25. The number of carbonyl (C=O) groups excluding carboxylic acids is 1. The van der Waals surface area contributed by atoms with Crippen LogP contribution in [0.2, 0.25) is 0 Å². The van der Waals surface area contributed by atoms with Crippen LogP contribution in [-0.2, 0) is 6.54 Å². The molecule has 1 amide bonds. The van der Waals surface area contributed by atoms with Gasteiger partial charge in [0, 0.05) is 56.7 Å². The maximum Gasteiger partial charge on any atom is 0.417 e. The summed E-state index contributed by atoms with van der Waals surface area (Å²) in [6.07, 6.45) is 3.54. The van der Waals surface area contributed by atoms with Crippen LogP contribution in [0.3, 0.4) is 0 Å². The van der Waals surface area contributed by atoms with Gasteiger partial charge in [-0.05, 0) is 31.3 Å². The molecule has 10 nitrogen and oxygen atoms in total. The van der Waals surface area contributed by atoms with Crippen LogP contribution in [0.1, 0.15) is 5.69 Å². The van der Waals surface area contributed by atoms with E-state index in [0.29, 0.717) is 5.69 Å². The van der Waals surface area contributed by atoms with Crippen molar-refractivity contribution in [3.8, 4) is 28.4 Å². The summed E-state index contributed by atoms with van der Waals surface area (Å²) in [6, 6.07) is 7.53. The number of halogens is 2. The number of carbonyl (C=O) groups is 1. The first-order valence-corrected chi connectivity index (χ1v) is 12.6. The van der Waals surface area contributed by atoms with Gasteiger partial charge >= 0.3 is 6.09 Å². The molecule has 1 N–H and O–H groups in total. The summed E-state index contributed by atoms with van der Waals surface area (Å²) in [4.78, 5) is 30.3. The van der Waals surface area contributed by atoms with Crippen molar-refractivity contribution in [1.82, 2.24) is 24.8 Å². The lowest BCUT2D eigenvalue weighted by Gasteiger charge is -2.32. The van der Waals surface area contributed by atoms with Gasteiger partial charge in [-0.25, -0.2) is 18.6 Å². The minimum absolute atomic E-state index is 0.0553. The number of methoxy groups -OCH3 is 2. The van der Waals surface area contributed by atoms with Crippen LogP contribution in [0.25, 0.3) is 22.2 Å². The molecule has 0 unspecified atom stereocenters. The summed E-state index contributed by atoms with van der Waals surface area (Å²) in [5.41, 5.74) is 1.29. The highest BCUT2D eigenvalue weighted by Crippen LogP contribution is 2.41. The zero-order chi connectivity index (χ0) is 28.2. The number of benzene rings is 2. The number of ether oxygens (including phenoxy) is 3. The Morgan fingerprint density at radius 3 is 2.20 bits per heavy atom. The second kappa shape index (κ2) is 11.8. The number of nitrogens with zero attached hydrogens (tertiary/aromatic N) is 5. The molecule has 1 fully saturated rings. The van der Waals surface area contributed by atoms with E-state index in [0.717, 1.165) is 44.5 Å². The molecule has 208 valence electrons. The van der Waals surface area contributed by atoms with Crippen molar-refractivity contribution >= 4 is 22.8 Å². The number of pyridine rings is 1. The Hall–Kier alpha value is -4.42. The number of amides is 1. The van der Waals surface area contributed by atoms with Crippen LogP contribution in [0.4, 0.5) is 19.3 Å². The summed E-state index contributed by atoms with van der Waals surface area (Å²) in [7, 11) is 4.64. The molecule has 0 bridgehead atoms. The van der Waals surface area contributed by atoms with Crippen molar-refractivity contribution in [2.45, 2.75) is 6.54 Å². The van der Waals surface area contributed by atoms with Gasteiger partial charge in [0.05, 0.1) is 37.4 Å². The normalized spacial score (nSPS) is 14.2. The van der Waals surface area contributed by atoms with Gasteiger partial charge in [-0.2, -0.15) is 0 Å². The minimum Gasteiger partial charge on any atom is -0.494 e. The highest BCUT2D eigenvalue weighted by molar-refractivity contribution is 5.97. The summed E-state index contributed by atoms with van der Waals surface area (Å²) >= 11 is 0. The Morgan fingerprint density at radius 1 is 0.900 bits per heavy atom. The summed E-state index contributed by atoms with van der Waals surface area (Å²) in [6.45, 7) is 4.72. The second-order valence-electron chi connectivity index (χ2n) is 9.28. The van der Waals surface area contributed by atoms with Gasteiger partial charge in [0.15, 0.2) is 28.9 Å². The topological polar surface area (TPSA) is 102 Å². The number of likely N-dealkylation sites (N-methyl/N-ethyl adjacent to an activating group) is 1. The number of hydrogen-bond acceptors (Lipinski definition) is 9. The average molecular weight is 551 g/mol. The van der Waals surface area contributed by atoms with Gasteiger partial charge in [0.2, 0.25) is 0 Å². The molecule has 4 aromatic rings. The molecule has 1 aliphatic rings. The van der Waals surface area contributed by atoms with Crippen molar-refractivity contribution in [3.63, 3.8) is 0 Å². The monoisotopic (exact) mass is 550 g/mol. The number of anilines is 1. The van der Waals surface area contributed by atoms with Crippen molar-refractivity contribution in [1.29, 1.82) is 0 Å². The van der Waals surface area contributed by atoms with E-state index in [1.807, 2.05) is 6.07 Å². The Bertz CT molecular complexity index is 1500. The van der Waals surface area contributed by atoms with Crippen LogP contribution in [0.15, 0.2) is 48.9 Å². The lowest BCUT2D eigenvalue weighted by Crippen LogP contribution is -2.43. The summed E-state index contributed by atoms with van der Waals surface area (Å²) in [5, 5.41) is 2.64. The highest BCUT2D eigenvalue weighted by atomic mass is 19.1. The molecule has 0 aliphatic carbocycles. The fraction of sp³-hybridized carbons (Fsp3) is 0.286. The minimum atomic E-state index is -0.928. The van der Waals surface area contributed by atoms with Crippen molar-refractivity contribution in [2.24, 2.45) is 0 Å². The van der Waals surface area contributed by atoms with Crippen molar-refractivity contribution in [3.05, 3.63) is 66.3 Å². The molecule has 1 aliphatic heterocycles. The van der Waals surface area contributed by atoms with E-state index in [2.05, 4.69) is 37.1 Å². The summed E-state index contributed by atoms with van der Waals surface area (Å²) in [5.74, 6) is -2.20. The maximum absolute atomic E-state index is 15.2. The largest absolute Gasteiger partial charge is 0.494 e. The van der Waals surface area contributed by atoms with E-state index in [1.54, 1.807) is 12.3 Å². The molecule has 2 aromatic heterocycles. The fourth-order valence-electron chi connectivity index (χ4n) is 4.51. The molecule has 0 radical (unpaired) electrons. The van der Waals surface area contributed by atoms with Gasteiger partial charge in [0.1, 0.15) is 11.0 Å². The van der Waals surface area contributed by atoms with Crippen LogP contribution < -0.4 is 19.5 Å². The number of aromatic nitrogens is 3. The first-order chi connectivity index (χ1) is 19.4. The lowest BCUT2D eigenvalue weighted by atomic mass is 10.0. The molecular formula is C28H28F2N6O4. The van der Waals surface area contributed by atoms with E-state index in [9.17, 15) is 4.79 Å². The van der Waals surface area contributed by atoms with Gasteiger partial charge < -0.3 is 19.1 Å². The summed E-state index contributed by atoms with van der Waals surface area (Å²) < 4.78 is 46.0. The van der Waals surface area contributed by atoms with E-state index in [4.69, 9.17) is 14.2 Å². The van der Waals surface area contributed by atoms with Gasteiger partial charge in [-0.3, -0.25) is 20.2 Å². The van der Waals surface area contributed by atoms with Crippen LogP contribution >= 0.6 is 0 Å². The van der Waals surface area contributed by atoms with Crippen molar-refractivity contribution < 1.29 is 27.8 Å². The molecule has 1 saturated heterocycles. The second-order valence-corrected chi connectivity index (χ2v) is 9.28. The number of nitrogens with one attached hydrogen (secondary N) is 1. The Balaban J connectivity index is 1.35. The molecule has 40 heavy (non-hydrogen) atoms. The zero-order valence-electron chi connectivity index (χ0n) is 22.3. The third kappa shape index (κ3) is 5.63. The van der Waals surface area contributed by atoms with Crippen molar-refractivity contribution in [2.75, 3.05) is 52.8 Å². The smallest absolute Gasteiger partial charge is 0.417 e. The quantitative estimate of drug-likeness (QED) is 0.360. The van der Waals surface area contributed by atoms with Gasteiger partial charge in [-0.15, -0.1) is 0 Å². The Kier molecular flexibility index (Phi) is 7.99. The molecule has 0 saturated carbocycles. The molecule has 2 aromatic carbocycles. The van der Waals surface area contributed by atoms with E-state index in [-0.39, 0.29) is 33.8 Å². The van der Waals surface area contributed by atoms with E-state index in [1.165, 1.54) is 38.7 Å². The molecule has 12 heteroatoms. The predicted molar refractivity (Wildman–Crippen MR) is 145 cm³/mol. The SMILES string of the molecule is COc1cc(OC)c(F)c(-c2ccc(OC(=O)Nc3ccc(CN4CCN(C)CC4)nc3)c3nccnc23)c1F. The van der Waals surface area contributed by atoms with Gasteiger partial charge in [0.25, 0.3) is 0 Å². The fourth-order valence-corrected chi connectivity index (χ4v) is 4.51. The van der Waals surface area contributed by atoms with E-state index < -0.39 is 23.3 Å². The number of piperazine rings is 1. The Morgan fingerprint density at radius 2 is 1.57 bits per heavy atom. The average Bonchev–Trinajstić information content (AvgIpc) is 2.96.